The lowest BCUT2D eigenvalue weighted by Crippen LogP contribution is -2.46. The second kappa shape index (κ2) is 10.1. The van der Waals surface area contributed by atoms with Crippen LogP contribution in [0.15, 0.2) is 29.2 Å². The van der Waals surface area contributed by atoms with Crippen molar-refractivity contribution in [2.24, 2.45) is 5.92 Å². The summed E-state index contributed by atoms with van der Waals surface area (Å²) in [6, 6.07) is 7.81. The van der Waals surface area contributed by atoms with E-state index in [0.717, 1.165) is 36.3 Å². The lowest BCUT2D eigenvalue weighted by molar-refractivity contribution is -0.124. The summed E-state index contributed by atoms with van der Waals surface area (Å²) in [7, 11) is -3.25. The lowest BCUT2D eigenvalue weighted by Gasteiger charge is -2.30. The number of benzene rings is 1. The highest BCUT2D eigenvalue weighted by Gasteiger charge is 2.34. The van der Waals surface area contributed by atoms with Gasteiger partial charge in [0.15, 0.2) is 0 Å². The molecule has 0 radical (unpaired) electrons. The highest BCUT2D eigenvalue weighted by atomic mass is 32.2. The van der Waals surface area contributed by atoms with Crippen molar-refractivity contribution in [3.05, 3.63) is 24.3 Å². The van der Waals surface area contributed by atoms with E-state index in [0.29, 0.717) is 13.0 Å². The maximum absolute atomic E-state index is 12.9. The number of anilines is 1. The van der Waals surface area contributed by atoms with Crippen LogP contribution in [0.1, 0.15) is 59.8 Å². The average molecular weight is 482 g/mol. The zero-order valence-corrected chi connectivity index (χ0v) is 21.0. The Bertz CT molecular complexity index is 938. The fraction of sp³-hybridized carbons (Fsp3) is 0.652. The minimum absolute atomic E-state index is 0.0145. The second-order valence-electron chi connectivity index (χ2n) is 9.71. The van der Waals surface area contributed by atoms with Crippen LogP contribution in [-0.2, 0) is 19.6 Å². The van der Waals surface area contributed by atoms with Crippen LogP contribution in [0.2, 0.25) is 0 Å². The van der Waals surface area contributed by atoms with Gasteiger partial charge in [0.25, 0.3) is 0 Å². The predicted molar refractivity (Wildman–Crippen MR) is 129 cm³/mol. The molecule has 0 bridgehead atoms. The molecule has 1 aliphatic carbocycles. The predicted octanol–water partition coefficient (Wildman–Crippen LogP) is 3.30. The lowest BCUT2D eigenvalue weighted by atomic mass is 9.86. The second-order valence-corrected chi connectivity index (χ2v) is 13.8. The third-order valence-electron chi connectivity index (χ3n) is 6.13. The van der Waals surface area contributed by atoms with Gasteiger partial charge in [-0.3, -0.25) is 9.59 Å². The van der Waals surface area contributed by atoms with Crippen molar-refractivity contribution in [3.8, 4) is 0 Å². The van der Waals surface area contributed by atoms with Gasteiger partial charge < -0.3 is 10.2 Å². The van der Waals surface area contributed by atoms with E-state index in [1.54, 1.807) is 30.5 Å². The van der Waals surface area contributed by atoms with Gasteiger partial charge in [-0.2, -0.15) is 0 Å². The fourth-order valence-corrected chi connectivity index (χ4v) is 6.22. The van der Waals surface area contributed by atoms with E-state index in [9.17, 15) is 18.0 Å². The van der Waals surface area contributed by atoms with Gasteiger partial charge in [-0.05, 0) is 71.4 Å². The quantitative estimate of drug-likeness (QED) is 0.623. The fourth-order valence-electron chi connectivity index (χ4n) is 4.20. The number of sulfonamides is 1. The van der Waals surface area contributed by atoms with Gasteiger partial charge >= 0.3 is 0 Å². The SMILES string of the molecule is CC(C)S(=O)(=O)NCC1CCC(NC(=O)CN2C(=O)CC(C)(C)Sc3ccccc32)CC1. The Morgan fingerprint density at radius 2 is 1.84 bits per heavy atom. The van der Waals surface area contributed by atoms with Gasteiger partial charge in [0.05, 0.1) is 10.9 Å². The number of hydrogen-bond acceptors (Lipinski definition) is 5. The Balaban J connectivity index is 1.54. The number of hydrogen-bond donors (Lipinski definition) is 2. The number of nitrogens with one attached hydrogen (secondary N) is 2. The minimum Gasteiger partial charge on any atom is -0.352 e. The summed E-state index contributed by atoms with van der Waals surface area (Å²) in [5.41, 5.74) is 0.796. The molecule has 2 amide bonds. The van der Waals surface area contributed by atoms with Crippen molar-refractivity contribution in [1.82, 2.24) is 10.0 Å². The van der Waals surface area contributed by atoms with Crippen molar-refractivity contribution in [1.29, 1.82) is 0 Å². The zero-order chi connectivity index (χ0) is 23.5. The number of thioether (sulfide) groups is 1. The van der Waals surface area contributed by atoms with Gasteiger partial charge in [-0.15, -0.1) is 11.8 Å². The number of carbonyl (C=O) groups is 2. The summed E-state index contributed by atoms with van der Waals surface area (Å²) in [5.74, 6) is 0.0977. The van der Waals surface area contributed by atoms with Crippen LogP contribution in [0.5, 0.6) is 0 Å². The van der Waals surface area contributed by atoms with E-state index in [4.69, 9.17) is 0 Å². The molecule has 2 aliphatic rings. The van der Waals surface area contributed by atoms with Gasteiger partial charge in [0.1, 0.15) is 6.54 Å². The first kappa shape index (κ1) is 25.1. The van der Waals surface area contributed by atoms with Gasteiger partial charge in [0.2, 0.25) is 21.8 Å². The molecule has 32 heavy (non-hydrogen) atoms. The number of rotatable bonds is 7. The molecule has 1 aromatic carbocycles. The molecule has 0 spiro atoms. The zero-order valence-electron chi connectivity index (χ0n) is 19.4. The smallest absolute Gasteiger partial charge is 0.240 e. The Hall–Kier alpha value is -1.58. The number of fused-ring (bicyclic) bond motifs is 1. The first-order valence-corrected chi connectivity index (χ1v) is 13.7. The van der Waals surface area contributed by atoms with E-state index >= 15 is 0 Å². The van der Waals surface area contributed by atoms with Gasteiger partial charge in [-0.1, -0.05) is 12.1 Å². The van der Waals surface area contributed by atoms with Gasteiger partial charge in [0, 0.05) is 28.6 Å². The molecule has 0 saturated heterocycles. The molecule has 178 valence electrons. The largest absolute Gasteiger partial charge is 0.352 e. The van der Waals surface area contributed by atoms with Crippen molar-refractivity contribution < 1.29 is 18.0 Å². The van der Waals surface area contributed by atoms with Crippen molar-refractivity contribution >= 4 is 39.3 Å². The molecule has 3 rings (SSSR count). The maximum Gasteiger partial charge on any atom is 0.240 e. The molecular formula is C23H35N3O4S2. The summed E-state index contributed by atoms with van der Waals surface area (Å²) in [6.07, 6.45) is 3.72. The van der Waals surface area contributed by atoms with Crippen LogP contribution < -0.4 is 14.9 Å². The number of para-hydroxylation sites is 1. The van der Waals surface area contributed by atoms with Crippen LogP contribution in [-0.4, -0.2) is 49.4 Å². The minimum atomic E-state index is -3.25. The van der Waals surface area contributed by atoms with E-state index < -0.39 is 15.3 Å². The van der Waals surface area contributed by atoms with Crippen LogP contribution in [0, 0.1) is 5.92 Å². The standard InChI is InChI=1S/C23H35N3O4S2/c1-16(2)32(29,30)24-14-17-9-11-18(12-10-17)25-21(27)15-26-19-7-5-6-8-20(19)31-23(3,4)13-22(26)28/h5-8,16-18,24H,9-15H2,1-4H3,(H,25,27). The highest BCUT2D eigenvalue weighted by Crippen LogP contribution is 2.43. The summed E-state index contributed by atoms with van der Waals surface area (Å²) in [5, 5.41) is 2.66. The van der Waals surface area contributed by atoms with E-state index in [-0.39, 0.29) is 35.1 Å². The Morgan fingerprint density at radius 1 is 1.19 bits per heavy atom. The molecule has 0 unspecified atom stereocenters. The maximum atomic E-state index is 12.9. The Morgan fingerprint density at radius 3 is 2.50 bits per heavy atom. The molecule has 1 fully saturated rings. The molecule has 1 heterocycles. The molecule has 9 heteroatoms. The number of carbonyl (C=O) groups excluding carboxylic acids is 2. The van der Waals surface area contributed by atoms with Crippen LogP contribution in [0.25, 0.3) is 0 Å². The average Bonchev–Trinajstić information content (AvgIpc) is 2.80. The monoisotopic (exact) mass is 481 g/mol. The van der Waals surface area contributed by atoms with Crippen LogP contribution >= 0.6 is 11.8 Å². The van der Waals surface area contributed by atoms with Crippen LogP contribution in [0.3, 0.4) is 0 Å². The highest BCUT2D eigenvalue weighted by molar-refractivity contribution is 8.00. The molecular weight excluding hydrogens is 446 g/mol. The third-order valence-corrected chi connectivity index (χ3v) is 9.20. The number of amides is 2. The molecule has 0 aromatic heterocycles. The topological polar surface area (TPSA) is 95.6 Å². The van der Waals surface area contributed by atoms with E-state index in [1.165, 1.54) is 0 Å². The first-order valence-electron chi connectivity index (χ1n) is 11.3. The molecule has 1 aliphatic heterocycles. The van der Waals surface area contributed by atoms with Crippen molar-refractivity contribution in [2.75, 3.05) is 18.0 Å². The third kappa shape index (κ3) is 6.48. The van der Waals surface area contributed by atoms with Crippen LogP contribution in [0.4, 0.5) is 5.69 Å². The summed E-state index contributed by atoms with van der Waals surface area (Å²) in [6.45, 7) is 7.91. The van der Waals surface area contributed by atoms with E-state index in [1.807, 2.05) is 24.3 Å². The summed E-state index contributed by atoms with van der Waals surface area (Å²) >= 11 is 1.67. The van der Waals surface area contributed by atoms with Gasteiger partial charge in [-0.25, -0.2) is 13.1 Å². The number of nitrogens with zero attached hydrogens (tertiary/aromatic N) is 1. The molecule has 7 nitrogen and oxygen atoms in total. The summed E-state index contributed by atoms with van der Waals surface area (Å²) < 4.78 is 26.4. The van der Waals surface area contributed by atoms with Crippen molar-refractivity contribution in [2.45, 2.75) is 80.7 Å². The van der Waals surface area contributed by atoms with Crippen molar-refractivity contribution in [3.63, 3.8) is 0 Å². The normalized spacial score (nSPS) is 23.5. The van der Waals surface area contributed by atoms with E-state index in [2.05, 4.69) is 23.9 Å². The molecule has 1 saturated carbocycles. The molecule has 1 aromatic rings. The Kier molecular flexibility index (Phi) is 7.93. The Labute approximate surface area is 196 Å². The molecule has 2 N–H and O–H groups in total. The molecule has 0 atom stereocenters. The first-order chi connectivity index (χ1) is 15.0. The summed E-state index contributed by atoms with van der Waals surface area (Å²) in [4.78, 5) is 28.4.